The van der Waals surface area contributed by atoms with E-state index in [0.29, 0.717) is 11.8 Å². The molecule has 254 valence electrons. The second kappa shape index (κ2) is 22.6. The van der Waals surface area contributed by atoms with Crippen LogP contribution in [0.2, 0.25) is 0 Å². The monoisotopic (exact) mass is 652 g/mol. The molecular formula is C29H40N4O13. The van der Waals surface area contributed by atoms with Gasteiger partial charge in [-0.25, -0.2) is 0 Å². The third kappa shape index (κ3) is 18.0. The van der Waals surface area contributed by atoms with Gasteiger partial charge in [-0.05, 0) is 12.0 Å². The van der Waals surface area contributed by atoms with Gasteiger partial charge >= 0.3 is 17.9 Å². The second-order valence-electron chi connectivity index (χ2n) is 9.73. The van der Waals surface area contributed by atoms with Crippen molar-refractivity contribution in [3.8, 4) is 0 Å². The minimum Gasteiger partial charge on any atom is -0.481 e. The number of hydrogen-bond donors (Lipinski definition) is 6. The molecule has 17 nitrogen and oxygen atoms in total. The van der Waals surface area contributed by atoms with Crippen molar-refractivity contribution in [2.45, 2.75) is 63.8 Å². The molecule has 0 aromatic heterocycles. The fourth-order valence-corrected chi connectivity index (χ4v) is 3.72. The third-order valence-electron chi connectivity index (χ3n) is 5.89. The summed E-state index contributed by atoms with van der Waals surface area (Å²) in [5, 5.41) is 27.6. The Bertz CT molecular complexity index is 1160. The van der Waals surface area contributed by atoms with Crippen molar-refractivity contribution < 1.29 is 62.8 Å². The summed E-state index contributed by atoms with van der Waals surface area (Å²) in [6.45, 7) is 1.57. The smallest absolute Gasteiger partial charge is 0.306 e. The number of ether oxygens (including phenoxy) is 3. The van der Waals surface area contributed by atoms with Crippen LogP contribution < -0.4 is 21.3 Å². The van der Waals surface area contributed by atoms with Gasteiger partial charge in [-0.2, -0.15) is 0 Å². The molecule has 0 spiro atoms. The number of benzene rings is 1. The highest BCUT2D eigenvalue weighted by atomic mass is 16.5. The Labute approximate surface area is 264 Å². The van der Waals surface area contributed by atoms with Gasteiger partial charge in [0.05, 0.1) is 39.3 Å². The van der Waals surface area contributed by atoms with Crippen molar-refractivity contribution in [3.63, 3.8) is 0 Å². The van der Waals surface area contributed by atoms with Crippen molar-refractivity contribution >= 4 is 47.8 Å². The number of aliphatic carboxylic acids is 2. The standard InChI is InChI=1S/C29H40N4O13/c1-19(35)31-23(17-25(38)39)29(43)32-21(8-9-26(40)46-18-20-6-3-2-4-7-20)28(42)33-22(16-24(36)37)27(41)30-10-13-45-15-14-44-12-5-11-34/h2-4,6-7,11,21-23H,5,8-10,12-18H2,1H3,(H,30,41)(H,31,35)(H,32,43)(H,33,42)(H,36,37)(H,38,39)/t21-,22+,23+/m1/s1. The summed E-state index contributed by atoms with van der Waals surface area (Å²) in [4.78, 5) is 95.7. The molecule has 0 aliphatic carbocycles. The van der Waals surface area contributed by atoms with Crippen LogP contribution in [0.4, 0.5) is 0 Å². The highest BCUT2D eigenvalue weighted by Crippen LogP contribution is 2.07. The maximum absolute atomic E-state index is 13.2. The molecule has 0 radical (unpaired) electrons. The van der Waals surface area contributed by atoms with Gasteiger partial charge in [0.1, 0.15) is 31.0 Å². The molecule has 1 aromatic carbocycles. The van der Waals surface area contributed by atoms with E-state index in [1.165, 1.54) is 0 Å². The lowest BCUT2D eigenvalue weighted by molar-refractivity contribution is -0.145. The van der Waals surface area contributed by atoms with E-state index in [9.17, 15) is 43.5 Å². The summed E-state index contributed by atoms with van der Waals surface area (Å²) in [7, 11) is 0. The molecular weight excluding hydrogens is 612 g/mol. The summed E-state index contributed by atoms with van der Waals surface area (Å²) in [5.74, 6) is -7.31. The highest BCUT2D eigenvalue weighted by Gasteiger charge is 2.31. The molecule has 0 aliphatic heterocycles. The molecule has 0 saturated heterocycles. The zero-order chi connectivity index (χ0) is 34.3. The van der Waals surface area contributed by atoms with E-state index in [2.05, 4.69) is 21.3 Å². The Balaban J connectivity index is 2.92. The van der Waals surface area contributed by atoms with E-state index in [1.54, 1.807) is 30.3 Å². The topological polar surface area (TPSA) is 253 Å². The minimum atomic E-state index is -1.61. The van der Waals surface area contributed by atoms with Crippen LogP contribution in [-0.4, -0.2) is 109 Å². The molecule has 0 unspecified atom stereocenters. The lowest BCUT2D eigenvalue weighted by atomic mass is 10.1. The average Bonchev–Trinajstić information content (AvgIpc) is 3.00. The van der Waals surface area contributed by atoms with Gasteiger partial charge in [0.2, 0.25) is 23.6 Å². The van der Waals surface area contributed by atoms with Crippen LogP contribution in [0.3, 0.4) is 0 Å². The molecule has 0 heterocycles. The number of hydrogen-bond acceptors (Lipinski definition) is 11. The predicted octanol–water partition coefficient (Wildman–Crippen LogP) is -1.33. The first-order valence-corrected chi connectivity index (χ1v) is 14.3. The SMILES string of the molecule is CC(=O)N[C@@H](CC(=O)O)C(=O)N[C@H](CCC(=O)OCc1ccccc1)C(=O)N[C@@H](CC(=O)O)C(=O)NCCOCCOCCC=O. The summed E-state index contributed by atoms with van der Waals surface area (Å²) < 4.78 is 15.6. The van der Waals surface area contributed by atoms with E-state index in [4.69, 9.17) is 19.3 Å². The number of carbonyl (C=O) groups is 8. The Morgan fingerprint density at radius 2 is 1.33 bits per heavy atom. The Hall–Kier alpha value is -4.90. The van der Waals surface area contributed by atoms with Crippen LogP contribution >= 0.6 is 0 Å². The van der Waals surface area contributed by atoms with Gasteiger partial charge in [0, 0.05) is 26.3 Å². The molecule has 0 bridgehead atoms. The van der Waals surface area contributed by atoms with Crippen molar-refractivity contribution in [1.29, 1.82) is 0 Å². The molecule has 46 heavy (non-hydrogen) atoms. The van der Waals surface area contributed by atoms with Crippen molar-refractivity contribution in [2.75, 3.05) is 33.0 Å². The molecule has 1 aromatic rings. The lowest BCUT2D eigenvalue weighted by Gasteiger charge is -2.24. The zero-order valence-corrected chi connectivity index (χ0v) is 25.4. The Morgan fingerprint density at radius 1 is 0.761 bits per heavy atom. The van der Waals surface area contributed by atoms with Crippen LogP contribution in [0.15, 0.2) is 30.3 Å². The lowest BCUT2D eigenvalue weighted by Crippen LogP contribution is -2.57. The number of nitrogens with one attached hydrogen (secondary N) is 4. The molecule has 6 N–H and O–H groups in total. The fourth-order valence-electron chi connectivity index (χ4n) is 3.72. The van der Waals surface area contributed by atoms with Gasteiger partial charge in [-0.1, -0.05) is 30.3 Å². The molecule has 1 rings (SSSR count). The summed E-state index contributed by atoms with van der Waals surface area (Å²) in [5.41, 5.74) is 0.695. The first kappa shape index (κ1) is 39.1. The van der Waals surface area contributed by atoms with Crippen molar-refractivity contribution in [1.82, 2.24) is 21.3 Å². The first-order valence-electron chi connectivity index (χ1n) is 14.3. The second-order valence-corrected chi connectivity index (χ2v) is 9.73. The molecule has 3 atom stereocenters. The van der Waals surface area contributed by atoms with Crippen molar-refractivity contribution in [3.05, 3.63) is 35.9 Å². The number of esters is 1. The first-order chi connectivity index (χ1) is 21.9. The average molecular weight is 653 g/mol. The summed E-state index contributed by atoms with van der Waals surface area (Å²) in [6, 6.07) is 3.96. The van der Waals surface area contributed by atoms with Crippen LogP contribution in [0.1, 0.15) is 44.6 Å². The summed E-state index contributed by atoms with van der Waals surface area (Å²) >= 11 is 0. The van der Waals surface area contributed by atoms with E-state index >= 15 is 0 Å². The highest BCUT2D eigenvalue weighted by molar-refractivity contribution is 5.96. The molecule has 0 fully saturated rings. The Morgan fingerprint density at radius 3 is 1.91 bits per heavy atom. The van der Waals surface area contributed by atoms with E-state index in [0.717, 1.165) is 6.92 Å². The molecule has 17 heteroatoms. The molecule has 0 aliphatic rings. The number of carboxylic acids is 2. The van der Waals surface area contributed by atoms with E-state index in [-0.39, 0.29) is 52.4 Å². The zero-order valence-electron chi connectivity index (χ0n) is 25.4. The van der Waals surface area contributed by atoms with E-state index < -0.39 is 78.9 Å². The predicted molar refractivity (Wildman–Crippen MR) is 157 cm³/mol. The maximum atomic E-state index is 13.2. The number of aldehydes is 1. The Kier molecular flexibility index (Phi) is 19.2. The maximum Gasteiger partial charge on any atom is 0.306 e. The third-order valence-corrected chi connectivity index (χ3v) is 5.89. The van der Waals surface area contributed by atoms with Crippen LogP contribution in [0, 0.1) is 0 Å². The summed E-state index contributed by atoms with van der Waals surface area (Å²) in [6.07, 6.45) is -1.49. The minimum absolute atomic E-state index is 0.0222. The van der Waals surface area contributed by atoms with Crippen LogP contribution in [0.5, 0.6) is 0 Å². The normalized spacial score (nSPS) is 12.5. The largest absolute Gasteiger partial charge is 0.481 e. The van der Waals surface area contributed by atoms with Gasteiger partial charge in [-0.3, -0.25) is 33.6 Å². The van der Waals surface area contributed by atoms with E-state index in [1.807, 2.05) is 0 Å². The quantitative estimate of drug-likeness (QED) is 0.0431. The van der Waals surface area contributed by atoms with Crippen LogP contribution in [-0.2, 0) is 59.2 Å². The van der Waals surface area contributed by atoms with Gasteiger partial charge in [-0.15, -0.1) is 0 Å². The van der Waals surface area contributed by atoms with Gasteiger partial charge < -0.3 is 50.5 Å². The molecule has 4 amide bonds. The van der Waals surface area contributed by atoms with Gasteiger partial charge in [0.15, 0.2) is 0 Å². The molecule has 0 saturated carbocycles. The van der Waals surface area contributed by atoms with Crippen LogP contribution in [0.25, 0.3) is 0 Å². The number of carboxylic acid groups (broad SMARTS) is 2. The van der Waals surface area contributed by atoms with Crippen molar-refractivity contribution in [2.24, 2.45) is 0 Å². The number of amides is 4. The number of carbonyl (C=O) groups excluding carboxylic acids is 6. The number of rotatable bonds is 24. The van der Waals surface area contributed by atoms with Gasteiger partial charge in [0.25, 0.3) is 0 Å². The fraction of sp³-hybridized carbons (Fsp3) is 0.517.